The summed E-state index contributed by atoms with van der Waals surface area (Å²) in [5.74, 6) is 2.67. The van der Waals surface area contributed by atoms with Gasteiger partial charge in [0, 0.05) is 18.0 Å². The lowest BCUT2D eigenvalue weighted by molar-refractivity contribution is 0.333. The van der Waals surface area contributed by atoms with Gasteiger partial charge in [-0.2, -0.15) is 4.98 Å². The third-order valence-electron chi connectivity index (χ3n) is 2.79. The third kappa shape index (κ3) is 4.33. The van der Waals surface area contributed by atoms with E-state index >= 15 is 0 Å². The molecule has 1 atom stereocenters. The van der Waals surface area contributed by atoms with Crippen molar-refractivity contribution in [1.82, 2.24) is 9.97 Å². The molecule has 0 saturated heterocycles. The summed E-state index contributed by atoms with van der Waals surface area (Å²) in [6, 6.07) is 2.06. The van der Waals surface area contributed by atoms with E-state index in [1.807, 2.05) is 6.92 Å². The number of hydrogen-bond acceptors (Lipinski definition) is 4. The largest absolute Gasteiger partial charge is 0.481 e. The predicted molar refractivity (Wildman–Crippen MR) is 75.5 cm³/mol. The first-order valence-corrected chi connectivity index (χ1v) is 6.62. The molecule has 0 saturated carbocycles. The molecule has 0 amide bonds. The van der Waals surface area contributed by atoms with Gasteiger partial charge in [0.15, 0.2) is 0 Å². The molecule has 0 aromatic carbocycles. The molecule has 5 heteroatoms. The molecule has 4 nitrogen and oxygen atoms in total. The Bertz CT molecular complexity index is 390. The summed E-state index contributed by atoms with van der Waals surface area (Å²) in [6.07, 6.45) is 0.885. The Balaban J connectivity index is 2.90. The zero-order chi connectivity index (χ0) is 13.8. The fraction of sp³-hybridized carbons (Fsp3) is 0.692. The molecule has 0 aliphatic heterocycles. The average Bonchev–Trinajstić information content (AvgIpc) is 2.26. The summed E-state index contributed by atoms with van der Waals surface area (Å²) in [5.41, 5.74) is 0.112. The Kier molecular flexibility index (Phi) is 5.20. The second-order valence-corrected chi connectivity index (χ2v) is 5.76. The molecular weight excluding hydrogens is 250 g/mol. The molecule has 1 aromatic heterocycles. The monoisotopic (exact) mass is 271 g/mol. The van der Waals surface area contributed by atoms with Crippen LogP contribution in [-0.2, 0) is 0 Å². The van der Waals surface area contributed by atoms with Crippen molar-refractivity contribution in [2.24, 2.45) is 5.41 Å². The van der Waals surface area contributed by atoms with Crippen LogP contribution in [0.1, 0.15) is 33.0 Å². The highest BCUT2D eigenvalue weighted by atomic mass is 35.5. The number of aromatic nitrogens is 2. The SMILES string of the molecule is COc1cc(NC(CCCl)C(C)(C)C)nc(C)n1. The lowest BCUT2D eigenvalue weighted by Gasteiger charge is -2.31. The van der Waals surface area contributed by atoms with Gasteiger partial charge in [0.1, 0.15) is 11.6 Å². The van der Waals surface area contributed by atoms with Gasteiger partial charge in [0.05, 0.1) is 7.11 Å². The van der Waals surface area contributed by atoms with Gasteiger partial charge in [0.2, 0.25) is 5.88 Å². The van der Waals surface area contributed by atoms with E-state index in [1.165, 1.54) is 0 Å². The lowest BCUT2D eigenvalue weighted by atomic mass is 9.85. The molecule has 0 spiro atoms. The van der Waals surface area contributed by atoms with Crippen LogP contribution < -0.4 is 10.1 Å². The summed E-state index contributed by atoms with van der Waals surface area (Å²) < 4.78 is 5.15. The smallest absolute Gasteiger partial charge is 0.218 e. The highest BCUT2D eigenvalue weighted by Crippen LogP contribution is 2.26. The molecular formula is C13H22ClN3O. The van der Waals surface area contributed by atoms with Crippen LogP contribution in [0.4, 0.5) is 5.82 Å². The van der Waals surface area contributed by atoms with E-state index in [-0.39, 0.29) is 11.5 Å². The van der Waals surface area contributed by atoms with Crippen molar-refractivity contribution in [2.75, 3.05) is 18.3 Å². The Morgan fingerprint density at radius 1 is 1.39 bits per heavy atom. The molecule has 0 bridgehead atoms. The van der Waals surface area contributed by atoms with Gasteiger partial charge in [-0.15, -0.1) is 11.6 Å². The van der Waals surface area contributed by atoms with Crippen molar-refractivity contribution in [1.29, 1.82) is 0 Å². The van der Waals surface area contributed by atoms with Gasteiger partial charge >= 0.3 is 0 Å². The minimum atomic E-state index is 0.112. The van der Waals surface area contributed by atoms with Crippen LogP contribution in [0.25, 0.3) is 0 Å². The number of aryl methyl sites for hydroxylation is 1. The molecule has 1 N–H and O–H groups in total. The van der Waals surface area contributed by atoms with Gasteiger partial charge < -0.3 is 10.1 Å². The first-order valence-electron chi connectivity index (χ1n) is 6.09. The zero-order valence-corrected chi connectivity index (χ0v) is 12.5. The van der Waals surface area contributed by atoms with Crippen LogP contribution in [0.5, 0.6) is 5.88 Å². The van der Waals surface area contributed by atoms with Crippen molar-refractivity contribution in [3.63, 3.8) is 0 Å². The molecule has 102 valence electrons. The van der Waals surface area contributed by atoms with E-state index in [9.17, 15) is 0 Å². The van der Waals surface area contributed by atoms with E-state index < -0.39 is 0 Å². The normalized spacial score (nSPS) is 13.2. The molecule has 0 aliphatic rings. The number of methoxy groups -OCH3 is 1. The van der Waals surface area contributed by atoms with Crippen molar-refractivity contribution in [3.05, 3.63) is 11.9 Å². The molecule has 0 fully saturated rings. The Hall–Kier alpha value is -1.03. The van der Waals surface area contributed by atoms with Gasteiger partial charge in [0.25, 0.3) is 0 Å². The van der Waals surface area contributed by atoms with Gasteiger partial charge in [-0.3, -0.25) is 0 Å². The highest BCUT2D eigenvalue weighted by Gasteiger charge is 2.24. The van der Waals surface area contributed by atoms with Gasteiger partial charge in [-0.05, 0) is 18.8 Å². The second-order valence-electron chi connectivity index (χ2n) is 5.38. The first kappa shape index (κ1) is 15.0. The number of nitrogens with one attached hydrogen (secondary N) is 1. The second kappa shape index (κ2) is 6.23. The summed E-state index contributed by atoms with van der Waals surface area (Å²) >= 11 is 5.86. The van der Waals surface area contributed by atoms with Crippen molar-refractivity contribution in [2.45, 2.75) is 40.2 Å². The van der Waals surface area contributed by atoms with Gasteiger partial charge in [-0.25, -0.2) is 4.98 Å². The summed E-state index contributed by atoms with van der Waals surface area (Å²) in [7, 11) is 1.60. The molecule has 1 rings (SSSR count). The minimum absolute atomic E-state index is 0.112. The Labute approximate surface area is 114 Å². The summed E-state index contributed by atoms with van der Waals surface area (Å²) in [6.45, 7) is 8.40. The maximum absolute atomic E-state index is 5.86. The molecule has 18 heavy (non-hydrogen) atoms. The number of hydrogen-bond donors (Lipinski definition) is 1. The van der Waals surface area contributed by atoms with Crippen LogP contribution in [0.2, 0.25) is 0 Å². The Morgan fingerprint density at radius 3 is 2.56 bits per heavy atom. The predicted octanol–water partition coefficient (Wildman–Crippen LogP) is 3.25. The molecule has 1 heterocycles. The molecule has 0 radical (unpaired) electrons. The third-order valence-corrected chi connectivity index (χ3v) is 3.01. The summed E-state index contributed by atoms with van der Waals surface area (Å²) in [5, 5.41) is 3.42. The number of alkyl halides is 1. The van der Waals surface area contributed by atoms with E-state index in [4.69, 9.17) is 16.3 Å². The van der Waals surface area contributed by atoms with Crippen molar-refractivity contribution < 1.29 is 4.74 Å². The van der Waals surface area contributed by atoms with Crippen LogP contribution in [-0.4, -0.2) is 29.0 Å². The number of ether oxygens (including phenoxy) is 1. The lowest BCUT2D eigenvalue weighted by Crippen LogP contribution is -2.34. The molecule has 1 aromatic rings. The average molecular weight is 272 g/mol. The number of rotatable bonds is 5. The van der Waals surface area contributed by atoms with Crippen LogP contribution >= 0.6 is 11.6 Å². The minimum Gasteiger partial charge on any atom is -0.481 e. The number of halogens is 1. The van der Waals surface area contributed by atoms with Crippen LogP contribution in [0, 0.1) is 12.3 Å². The van der Waals surface area contributed by atoms with Gasteiger partial charge in [-0.1, -0.05) is 20.8 Å². The number of anilines is 1. The maximum atomic E-state index is 5.86. The van der Waals surface area contributed by atoms with E-state index in [1.54, 1.807) is 13.2 Å². The number of nitrogens with zero attached hydrogens (tertiary/aromatic N) is 2. The fourth-order valence-corrected chi connectivity index (χ4v) is 1.95. The first-order chi connectivity index (χ1) is 8.36. The quantitative estimate of drug-likeness (QED) is 0.835. The van der Waals surface area contributed by atoms with E-state index in [0.29, 0.717) is 17.6 Å². The standard InChI is InChI=1S/C13H22ClN3O/c1-9-15-11(8-12(16-9)18-5)17-10(6-7-14)13(2,3)4/h8,10H,6-7H2,1-5H3,(H,15,16,17). The van der Waals surface area contributed by atoms with E-state index in [2.05, 4.69) is 36.1 Å². The van der Waals surface area contributed by atoms with Crippen LogP contribution in [0.3, 0.4) is 0 Å². The zero-order valence-electron chi connectivity index (χ0n) is 11.7. The topological polar surface area (TPSA) is 47.0 Å². The maximum Gasteiger partial charge on any atom is 0.218 e. The fourth-order valence-electron chi connectivity index (χ4n) is 1.73. The highest BCUT2D eigenvalue weighted by molar-refractivity contribution is 6.17. The van der Waals surface area contributed by atoms with E-state index in [0.717, 1.165) is 12.2 Å². The Morgan fingerprint density at radius 2 is 2.06 bits per heavy atom. The summed E-state index contributed by atoms with van der Waals surface area (Å²) in [4.78, 5) is 8.54. The van der Waals surface area contributed by atoms with Crippen molar-refractivity contribution >= 4 is 17.4 Å². The van der Waals surface area contributed by atoms with Crippen molar-refractivity contribution in [3.8, 4) is 5.88 Å². The molecule has 1 unspecified atom stereocenters. The van der Waals surface area contributed by atoms with Crippen LogP contribution in [0.15, 0.2) is 6.07 Å². The molecule has 0 aliphatic carbocycles.